The maximum Gasteiger partial charge on any atom is 0.00671 e. The van der Waals surface area contributed by atoms with Crippen molar-refractivity contribution >= 4 is 0 Å². The molecular weight excluding hydrogens is 184 g/mol. The Labute approximate surface area is 94.4 Å². The number of hydrogen-bond donors (Lipinski definition) is 1. The van der Waals surface area contributed by atoms with Crippen LogP contribution in [0.15, 0.2) is 0 Å². The van der Waals surface area contributed by atoms with Crippen molar-refractivity contribution < 1.29 is 0 Å². The van der Waals surface area contributed by atoms with Gasteiger partial charge in [-0.15, -0.1) is 0 Å². The van der Waals surface area contributed by atoms with Gasteiger partial charge in [0.05, 0.1) is 0 Å². The van der Waals surface area contributed by atoms with Crippen LogP contribution in [-0.2, 0) is 0 Å². The first-order valence-corrected chi connectivity index (χ1v) is 6.84. The van der Waals surface area contributed by atoms with E-state index in [2.05, 4.69) is 17.1 Å². The smallest absolute Gasteiger partial charge is 0.00671 e. The molecule has 15 heavy (non-hydrogen) atoms. The summed E-state index contributed by atoms with van der Waals surface area (Å²) in [7, 11) is 0. The van der Waals surface area contributed by atoms with E-state index in [-0.39, 0.29) is 0 Å². The average molecular weight is 210 g/mol. The predicted octanol–water partition coefficient (Wildman–Crippen LogP) is 2.25. The normalized spacial score (nSPS) is 29.8. The van der Waals surface area contributed by atoms with Gasteiger partial charge in [-0.1, -0.05) is 19.8 Å². The molecule has 0 bridgehead atoms. The van der Waals surface area contributed by atoms with Crippen LogP contribution in [0.5, 0.6) is 0 Å². The first-order chi connectivity index (χ1) is 7.38. The predicted molar refractivity (Wildman–Crippen MR) is 65.1 cm³/mol. The van der Waals surface area contributed by atoms with Crippen molar-refractivity contribution in [1.82, 2.24) is 10.2 Å². The number of hydrogen-bond acceptors (Lipinski definition) is 2. The summed E-state index contributed by atoms with van der Waals surface area (Å²) < 4.78 is 0. The molecule has 2 fully saturated rings. The maximum atomic E-state index is 3.77. The zero-order chi connectivity index (χ0) is 10.5. The molecule has 0 aromatic rings. The number of likely N-dealkylation sites (tertiary alicyclic amines) is 1. The summed E-state index contributed by atoms with van der Waals surface area (Å²) in [4.78, 5) is 2.60. The largest absolute Gasteiger partial charge is 0.314 e. The Kier molecular flexibility index (Phi) is 4.45. The minimum atomic E-state index is 0.849. The van der Waals surface area contributed by atoms with Gasteiger partial charge >= 0.3 is 0 Å². The number of nitrogens with one attached hydrogen (secondary N) is 1. The second kappa shape index (κ2) is 5.86. The number of rotatable bonds is 4. The lowest BCUT2D eigenvalue weighted by Gasteiger charge is -2.32. The van der Waals surface area contributed by atoms with Gasteiger partial charge < -0.3 is 10.2 Å². The summed E-state index contributed by atoms with van der Waals surface area (Å²) in [5.41, 5.74) is 0. The fraction of sp³-hybridized carbons (Fsp3) is 1.00. The fourth-order valence-electron chi connectivity index (χ4n) is 3.07. The lowest BCUT2D eigenvalue weighted by atomic mass is 9.97. The SMILES string of the molecule is CCN1CCCC(CNC2CCCC2)C1. The molecule has 0 amide bonds. The third-order valence-electron chi connectivity index (χ3n) is 4.10. The standard InChI is InChI=1S/C13H26N2/c1-2-15-9-5-6-12(11-15)10-14-13-7-3-4-8-13/h12-14H,2-11H2,1H3. The van der Waals surface area contributed by atoms with E-state index in [0.29, 0.717) is 0 Å². The van der Waals surface area contributed by atoms with Gasteiger partial charge in [-0.25, -0.2) is 0 Å². The summed E-state index contributed by atoms with van der Waals surface area (Å²) in [6, 6.07) is 0.849. The van der Waals surface area contributed by atoms with Crippen molar-refractivity contribution in [3.05, 3.63) is 0 Å². The second-order valence-corrected chi connectivity index (χ2v) is 5.29. The van der Waals surface area contributed by atoms with Crippen LogP contribution in [-0.4, -0.2) is 37.1 Å². The Balaban J connectivity index is 1.65. The Morgan fingerprint density at radius 1 is 1.13 bits per heavy atom. The Morgan fingerprint density at radius 3 is 2.67 bits per heavy atom. The highest BCUT2D eigenvalue weighted by Crippen LogP contribution is 2.20. The summed E-state index contributed by atoms with van der Waals surface area (Å²) >= 11 is 0. The summed E-state index contributed by atoms with van der Waals surface area (Å²) in [6.45, 7) is 7.44. The van der Waals surface area contributed by atoms with Crippen LogP contribution >= 0.6 is 0 Å². The third kappa shape index (κ3) is 3.46. The molecule has 2 nitrogen and oxygen atoms in total. The average Bonchev–Trinajstić information content (AvgIpc) is 2.79. The number of nitrogens with zero attached hydrogens (tertiary/aromatic N) is 1. The molecule has 2 heteroatoms. The van der Waals surface area contributed by atoms with E-state index in [1.807, 2.05) is 0 Å². The summed E-state index contributed by atoms with van der Waals surface area (Å²) in [5, 5.41) is 3.77. The van der Waals surface area contributed by atoms with E-state index >= 15 is 0 Å². The molecule has 1 unspecified atom stereocenters. The molecule has 0 aromatic carbocycles. The molecule has 1 saturated heterocycles. The van der Waals surface area contributed by atoms with Crippen molar-refractivity contribution in [3.63, 3.8) is 0 Å². The van der Waals surface area contributed by atoms with Gasteiger partial charge in [0.15, 0.2) is 0 Å². The molecule has 1 heterocycles. The second-order valence-electron chi connectivity index (χ2n) is 5.29. The molecule has 1 N–H and O–H groups in total. The van der Waals surface area contributed by atoms with Crippen molar-refractivity contribution in [2.45, 2.75) is 51.5 Å². The molecule has 1 atom stereocenters. The fourth-order valence-corrected chi connectivity index (χ4v) is 3.07. The van der Waals surface area contributed by atoms with Crippen LogP contribution in [0.3, 0.4) is 0 Å². The highest BCUT2D eigenvalue weighted by Gasteiger charge is 2.20. The van der Waals surface area contributed by atoms with Crippen molar-refractivity contribution in [3.8, 4) is 0 Å². The monoisotopic (exact) mass is 210 g/mol. The van der Waals surface area contributed by atoms with E-state index in [1.54, 1.807) is 0 Å². The van der Waals surface area contributed by atoms with Gasteiger partial charge in [-0.2, -0.15) is 0 Å². The minimum Gasteiger partial charge on any atom is -0.314 e. The van der Waals surface area contributed by atoms with Crippen LogP contribution in [0.2, 0.25) is 0 Å². The van der Waals surface area contributed by atoms with Crippen LogP contribution < -0.4 is 5.32 Å². The highest BCUT2D eigenvalue weighted by atomic mass is 15.1. The van der Waals surface area contributed by atoms with Gasteiger partial charge in [0.1, 0.15) is 0 Å². The van der Waals surface area contributed by atoms with Crippen LogP contribution in [0.4, 0.5) is 0 Å². The molecule has 0 radical (unpaired) electrons. The molecule has 1 aliphatic carbocycles. The zero-order valence-corrected chi connectivity index (χ0v) is 10.2. The highest BCUT2D eigenvalue weighted by molar-refractivity contribution is 4.78. The lowest BCUT2D eigenvalue weighted by molar-refractivity contribution is 0.177. The molecule has 0 aromatic heterocycles. The van der Waals surface area contributed by atoms with E-state index in [1.165, 1.54) is 64.7 Å². The van der Waals surface area contributed by atoms with Crippen molar-refractivity contribution in [2.75, 3.05) is 26.2 Å². The van der Waals surface area contributed by atoms with E-state index in [0.717, 1.165) is 12.0 Å². The molecule has 88 valence electrons. The van der Waals surface area contributed by atoms with Gasteiger partial charge in [-0.3, -0.25) is 0 Å². The Morgan fingerprint density at radius 2 is 1.93 bits per heavy atom. The van der Waals surface area contributed by atoms with Gasteiger partial charge in [0.25, 0.3) is 0 Å². The molecule has 2 rings (SSSR count). The molecular formula is C13H26N2. The minimum absolute atomic E-state index is 0.849. The Bertz CT molecular complexity index is 175. The molecule has 0 spiro atoms. The van der Waals surface area contributed by atoms with Gasteiger partial charge in [0, 0.05) is 12.6 Å². The summed E-state index contributed by atoms with van der Waals surface area (Å²) in [5.74, 6) is 0.916. The van der Waals surface area contributed by atoms with Gasteiger partial charge in [0.2, 0.25) is 0 Å². The van der Waals surface area contributed by atoms with E-state index in [4.69, 9.17) is 0 Å². The van der Waals surface area contributed by atoms with Crippen molar-refractivity contribution in [2.24, 2.45) is 5.92 Å². The zero-order valence-electron chi connectivity index (χ0n) is 10.2. The maximum absolute atomic E-state index is 3.77. The van der Waals surface area contributed by atoms with Crippen molar-refractivity contribution in [1.29, 1.82) is 0 Å². The van der Waals surface area contributed by atoms with Crippen LogP contribution in [0.1, 0.15) is 45.4 Å². The third-order valence-corrected chi connectivity index (χ3v) is 4.10. The number of piperidine rings is 1. The Hall–Kier alpha value is -0.0800. The molecule has 1 saturated carbocycles. The van der Waals surface area contributed by atoms with E-state index < -0.39 is 0 Å². The first kappa shape index (κ1) is 11.4. The first-order valence-electron chi connectivity index (χ1n) is 6.84. The van der Waals surface area contributed by atoms with Crippen LogP contribution in [0.25, 0.3) is 0 Å². The van der Waals surface area contributed by atoms with E-state index in [9.17, 15) is 0 Å². The molecule has 2 aliphatic rings. The molecule has 1 aliphatic heterocycles. The topological polar surface area (TPSA) is 15.3 Å². The lowest BCUT2D eigenvalue weighted by Crippen LogP contribution is -2.41. The van der Waals surface area contributed by atoms with Crippen LogP contribution in [0, 0.1) is 5.92 Å². The quantitative estimate of drug-likeness (QED) is 0.765. The van der Waals surface area contributed by atoms with Gasteiger partial charge in [-0.05, 0) is 51.2 Å². The summed E-state index contributed by atoms with van der Waals surface area (Å²) in [6.07, 6.45) is 8.59.